The van der Waals surface area contributed by atoms with Crippen molar-refractivity contribution < 1.29 is 4.79 Å². The van der Waals surface area contributed by atoms with Crippen molar-refractivity contribution in [3.63, 3.8) is 0 Å². The van der Waals surface area contributed by atoms with Gasteiger partial charge in [-0.1, -0.05) is 13.8 Å². The summed E-state index contributed by atoms with van der Waals surface area (Å²) >= 11 is 0. The first-order chi connectivity index (χ1) is 6.24. The number of carbonyl (C=O) groups is 1. The van der Waals surface area contributed by atoms with E-state index >= 15 is 0 Å². The fourth-order valence-electron chi connectivity index (χ4n) is 0.886. The van der Waals surface area contributed by atoms with Gasteiger partial charge in [-0.05, 0) is 18.6 Å². The predicted molar refractivity (Wildman–Crippen MR) is 52.3 cm³/mol. The summed E-state index contributed by atoms with van der Waals surface area (Å²) < 4.78 is 0. The van der Waals surface area contributed by atoms with Crippen molar-refractivity contribution in [3.8, 4) is 0 Å². The molecule has 1 amide bonds. The Morgan fingerprint density at radius 1 is 1.54 bits per heavy atom. The molecule has 0 spiro atoms. The topological polar surface area (TPSA) is 42.0 Å². The van der Waals surface area contributed by atoms with Gasteiger partial charge in [0.25, 0.3) is 0 Å². The summed E-state index contributed by atoms with van der Waals surface area (Å²) in [6, 6.07) is 3.56. The highest BCUT2D eigenvalue weighted by Gasteiger charge is 2.09. The highest BCUT2D eigenvalue weighted by atomic mass is 16.1. The third-order valence-corrected chi connectivity index (χ3v) is 2.01. The van der Waals surface area contributed by atoms with Gasteiger partial charge < -0.3 is 5.32 Å². The van der Waals surface area contributed by atoms with Crippen LogP contribution in [0.3, 0.4) is 0 Å². The Labute approximate surface area is 78.2 Å². The second kappa shape index (κ2) is 4.60. The lowest BCUT2D eigenvalue weighted by molar-refractivity contribution is -0.119. The molecule has 0 radical (unpaired) electrons. The molecule has 0 fully saturated rings. The second-order valence-corrected chi connectivity index (χ2v) is 3.03. The van der Waals surface area contributed by atoms with E-state index in [1.807, 2.05) is 13.8 Å². The second-order valence-electron chi connectivity index (χ2n) is 3.03. The molecule has 0 aromatic carbocycles. The van der Waals surface area contributed by atoms with Crippen molar-refractivity contribution in [2.24, 2.45) is 5.92 Å². The Kier molecular flexibility index (Phi) is 3.43. The van der Waals surface area contributed by atoms with E-state index in [2.05, 4.69) is 10.3 Å². The Morgan fingerprint density at radius 2 is 2.15 bits per heavy atom. The van der Waals surface area contributed by atoms with Crippen LogP contribution < -0.4 is 5.32 Å². The minimum atomic E-state index is 0.0631. The van der Waals surface area contributed by atoms with Crippen molar-refractivity contribution in [2.75, 3.05) is 5.32 Å². The molecule has 0 unspecified atom stereocenters. The minimum absolute atomic E-state index is 0.0631. The fraction of sp³-hybridized carbons (Fsp3) is 0.400. The van der Waals surface area contributed by atoms with Crippen molar-refractivity contribution in [1.29, 1.82) is 0 Å². The average molecular weight is 178 g/mol. The molecule has 1 rings (SSSR count). The van der Waals surface area contributed by atoms with E-state index in [4.69, 9.17) is 0 Å². The SMILES string of the molecule is CC[C@H](C)C(=O)Nc1ccncc1. The average Bonchev–Trinajstić information content (AvgIpc) is 2.18. The standard InChI is InChI=1S/C10H14N2O/c1-3-8(2)10(13)12-9-4-6-11-7-5-9/h4-8H,3H2,1-2H3,(H,11,12,13)/t8-/m0/s1. The van der Waals surface area contributed by atoms with Crippen LogP contribution in [-0.2, 0) is 4.79 Å². The predicted octanol–water partition coefficient (Wildman–Crippen LogP) is 2.07. The number of nitrogens with zero attached hydrogens (tertiary/aromatic N) is 1. The number of pyridine rings is 1. The van der Waals surface area contributed by atoms with E-state index < -0.39 is 0 Å². The monoisotopic (exact) mass is 178 g/mol. The third kappa shape index (κ3) is 2.86. The van der Waals surface area contributed by atoms with Crippen LogP contribution in [0.5, 0.6) is 0 Å². The highest BCUT2D eigenvalue weighted by Crippen LogP contribution is 2.08. The summed E-state index contributed by atoms with van der Waals surface area (Å²) in [7, 11) is 0. The zero-order valence-corrected chi connectivity index (χ0v) is 7.95. The normalized spacial score (nSPS) is 12.2. The van der Waals surface area contributed by atoms with E-state index in [1.165, 1.54) is 0 Å². The number of carbonyl (C=O) groups excluding carboxylic acids is 1. The van der Waals surface area contributed by atoms with Gasteiger partial charge in [-0.25, -0.2) is 0 Å². The van der Waals surface area contributed by atoms with Gasteiger partial charge in [0.05, 0.1) is 0 Å². The lowest BCUT2D eigenvalue weighted by Gasteiger charge is -2.08. The number of anilines is 1. The van der Waals surface area contributed by atoms with E-state index in [0.29, 0.717) is 0 Å². The number of aromatic nitrogens is 1. The van der Waals surface area contributed by atoms with Crippen LogP contribution in [-0.4, -0.2) is 10.9 Å². The van der Waals surface area contributed by atoms with Gasteiger partial charge in [-0.3, -0.25) is 9.78 Å². The molecular weight excluding hydrogens is 164 g/mol. The lowest BCUT2D eigenvalue weighted by Crippen LogP contribution is -2.19. The summed E-state index contributed by atoms with van der Waals surface area (Å²) in [5.74, 6) is 0.127. The van der Waals surface area contributed by atoms with Crippen molar-refractivity contribution >= 4 is 11.6 Å². The Balaban J connectivity index is 2.55. The molecule has 0 bridgehead atoms. The molecule has 0 aliphatic rings. The molecule has 3 nitrogen and oxygen atoms in total. The van der Waals surface area contributed by atoms with Gasteiger partial charge in [0, 0.05) is 24.0 Å². The van der Waals surface area contributed by atoms with Crippen LogP contribution in [0, 0.1) is 5.92 Å². The Hall–Kier alpha value is -1.38. The molecule has 13 heavy (non-hydrogen) atoms. The molecule has 0 aliphatic carbocycles. The molecule has 0 aliphatic heterocycles. The maximum Gasteiger partial charge on any atom is 0.227 e. The van der Waals surface area contributed by atoms with E-state index in [-0.39, 0.29) is 11.8 Å². The van der Waals surface area contributed by atoms with Crippen LogP contribution in [0.4, 0.5) is 5.69 Å². The van der Waals surface area contributed by atoms with E-state index in [1.54, 1.807) is 24.5 Å². The van der Waals surface area contributed by atoms with Gasteiger partial charge in [-0.15, -0.1) is 0 Å². The van der Waals surface area contributed by atoms with Crippen LogP contribution in [0.15, 0.2) is 24.5 Å². The molecule has 70 valence electrons. The zero-order chi connectivity index (χ0) is 9.68. The van der Waals surface area contributed by atoms with Crippen LogP contribution >= 0.6 is 0 Å². The molecule has 1 heterocycles. The summed E-state index contributed by atoms with van der Waals surface area (Å²) in [4.78, 5) is 15.3. The molecule has 0 saturated heterocycles. The maximum absolute atomic E-state index is 11.4. The van der Waals surface area contributed by atoms with Crippen molar-refractivity contribution in [3.05, 3.63) is 24.5 Å². The summed E-state index contributed by atoms with van der Waals surface area (Å²) in [5, 5.41) is 2.81. The van der Waals surface area contributed by atoms with Crippen molar-refractivity contribution in [2.45, 2.75) is 20.3 Å². The van der Waals surface area contributed by atoms with Crippen LogP contribution in [0.25, 0.3) is 0 Å². The summed E-state index contributed by atoms with van der Waals surface area (Å²) in [5.41, 5.74) is 0.806. The first kappa shape index (κ1) is 9.71. The maximum atomic E-state index is 11.4. The molecule has 1 aromatic rings. The largest absolute Gasteiger partial charge is 0.326 e. The van der Waals surface area contributed by atoms with E-state index in [0.717, 1.165) is 12.1 Å². The van der Waals surface area contributed by atoms with Gasteiger partial charge in [-0.2, -0.15) is 0 Å². The number of rotatable bonds is 3. The molecule has 1 N–H and O–H groups in total. The number of nitrogens with one attached hydrogen (secondary N) is 1. The van der Waals surface area contributed by atoms with Crippen LogP contribution in [0.2, 0.25) is 0 Å². The number of amides is 1. The van der Waals surface area contributed by atoms with Crippen LogP contribution in [0.1, 0.15) is 20.3 Å². The molecule has 1 aromatic heterocycles. The fourth-order valence-corrected chi connectivity index (χ4v) is 0.886. The molecule has 3 heteroatoms. The zero-order valence-electron chi connectivity index (χ0n) is 7.95. The van der Waals surface area contributed by atoms with Gasteiger partial charge in [0.2, 0.25) is 5.91 Å². The number of hydrogen-bond acceptors (Lipinski definition) is 2. The Bertz CT molecular complexity index is 272. The smallest absolute Gasteiger partial charge is 0.227 e. The molecule has 1 atom stereocenters. The van der Waals surface area contributed by atoms with E-state index in [9.17, 15) is 4.79 Å². The summed E-state index contributed by atoms with van der Waals surface area (Å²) in [6.07, 6.45) is 4.18. The Morgan fingerprint density at radius 3 is 2.69 bits per heavy atom. The quantitative estimate of drug-likeness (QED) is 0.769. The van der Waals surface area contributed by atoms with Gasteiger partial charge in [0.15, 0.2) is 0 Å². The third-order valence-electron chi connectivity index (χ3n) is 2.01. The first-order valence-corrected chi connectivity index (χ1v) is 4.45. The number of hydrogen-bond donors (Lipinski definition) is 1. The summed E-state index contributed by atoms with van der Waals surface area (Å²) in [6.45, 7) is 3.91. The van der Waals surface area contributed by atoms with Gasteiger partial charge >= 0.3 is 0 Å². The molecule has 0 saturated carbocycles. The molecular formula is C10H14N2O. The minimum Gasteiger partial charge on any atom is -0.326 e. The first-order valence-electron chi connectivity index (χ1n) is 4.45. The lowest BCUT2D eigenvalue weighted by atomic mass is 10.1. The van der Waals surface area contributed by atoms with Gasteiger partial charge in [0.1, 0.15) is 0 Å². The van der Waals surface area contributed by atoms with Crippen molar-refractivity contribution in [1.82, 2.24) is 4.98 Å². The highest BCUT2D eigenvalue weighted by molar-refractivity contribution is 5.92.